The van der Waals surface area contributed by atoms with Crippen molar-refractivity contribution >= 4 is 11.3 Å². The largest absolute Gasteiger partial charge is 0.504 e. The van der Waals surface area contributed by atoms with Gasteiger partial charge in [0.25, 0.3) is 0 Å². The molecule has 5 rings (SSSR count). The number of aromatic nitrogens is 3. The molecule has 0 bridgehead atoms. The Balaban J connectivity index is 1.47. The Bertz CT molecular complexity index is 1210. The Morgan fingerprint density at radius 3 is 2.29 bits per heavy atom. The molecule has 7 nitrogen and oxygen atoms in total. The van der Waals surface area contributed by atoms with E-state index in [4.69, 9.17) is 4.74 Å². The van der Waals surface area contributed by atoms with Gasteiger partial charge in [-0.25, -0.2) is 0 Å². The second-order valence-electron chi connectivity index (χ2n) is 7.89. The van der Waals surface area contributed by atoms with Crippen LogP contribution < -0.4 is 9.64 Å². The lowest BCUT2D eigenvalue weighted by Crippen LogP contribution is -2.44. The summed E-state index contributed by atoms with van der Waals surface area (Å²) in [5, 5.41) is 18.5. The van der Waals surface area contributed by atoms with Gasteiger partial charge in [-0.2, -0.15) is 0 Å². The number of phenolic OH excluding ortho intramolecular Hbond substituents is 1. The molecule has 1 aliphatic rings. The van der Waals surface area contributed by atoms with Gasteiger partial charge in [0.2, 0.25) is 0 Å². The molecular weight excluding hydrogens is 390 g/mol. The van der Waals surface area contributed by atoms with E-state index in [9.17, 15) is 5.11 Å². The average Bonchev–Trinajstić information content (AvgIpc) is 3.23. The smallest absolute Gasteiger partial charge is 0.168 e. The van der Waals surface area contributed by atoms with Crippen molar-refractivity contribution in [2.24, 2.45) is 0 Å². The fraction of sp³-hybridized carbons (Fsp3) is 0.250. The van der Waals surface area contributed by atoms with Gasteiger partial charge in [0.05, 0.1) is 7.11 Å². The van der Waals surface area contributed by atoms with E-state index < -0.39 is 0 Å². The van der Waals surface area contributed by atoms with E-state index in [1.165, 1.54) is 12.8 Å². The number of hydrogen-bond donors (Lipinski definition) is 1. The van der Waals surface area contributed by atoms with E-state index in [0.717, 1.165) is 48.5 Å². The summed E-state index contributed by atoms with van der Waals surface area (Å²) in [6, 6.07) is 18.0. The summed E-state index contributed by atoms with van der Waals surface area (Å²) >= 11 is 0. The van der Waals surface area contributed by atoms with Gasteiger partial charge in [-0.3, -0.25) is 4.40 Å². The molecule has 0 spiro atoms. The van der Waals surface area contributed by atoms with Gasteiger partial charge in [-0.1, -0.05) is 12.1 Å². The minimum absolute atomic E-state index is 0.0983. The van der Waals surface area contributed by atoms with E-state index in [0.29, 0.717) is 11.6 Å². The summed E-state index contributed by atoms with van der Waals surface area (Å²) in [6.45, 7) is 4.30. The number of benzene rings is 2. The SMILES string of the molecule is COc1cc(-c2nnc3ccc(-c4ccc(N5CCN(C)CC5)cc4)cn23)ccc1O. The zero-order valence-electron chi connectivity index (χ0n) is 17.7. The van der Waals surface area contributed by atoms with Crippen LogP contribution in [0.3, 0.4) is 0 Å². The number of ether oxygens (including phenoxy) is 1. The van der Waals surface area contributed by atoms with Crippen molar-refractivity contribution in [2.75, 3.05) is 45.2 Å². The molecule has 31 heavy (non-hydrogen) atoms. The summed E-state index contributed by atoms with van der Waals surface area (Å²) in [6.07, 6.45) is 2.05. The number of likely N-dealkylation sites (N-methyl/N-ethyl adjacent to an activating group) is 1. The van der Waals surface area contributed by atoms with Crippen LogP contribution in [0.25, 0.3) is 28.2 Å². The quantitative estimate of drug-likeness (QED) is 0.550. The summed E-state index contributed by atoms with van der Waals surface area (Å²) in [5.41, 5.74) is 5.08. The third-order valence-electron chi connectivity index (χ3n) is 5.91. The van der Waals surface area contributed by atoms with Gasteiger partial charge in [-0.15, -0.1) is 10.2 Å². The third kappa shape index (κ3) is 3.68. The molecule has 0 atom stereocenters. The lowest BCUT2D eigenvalue weighted by molar-refractivity contribution is 0.313. The normalized spacial score (nSPS) is 14.8. The number of anilines is 1. The number of aromatic hydroxyl groups is 1. The molecule has 0 amide bonds. The maximum absolute atomic E-state index is 9.89. The minimum atomic E-state index is 0.0983. The van der Waals surface area contributed by atoms with Crippen LogP contribution in [0.15, 0.2) is 60.8 Å². The predicted octanol–water partition coefficient (Wildman–Crippen LogP) is 3.53. The van der Waals surface area contributed by atoms with Crippen molar-refractivity contribution in [3.63, 3.8) is 0 Å². The van der Waals surface area contributed by atoms with E-state index in [1.807, 2.05) is 16.5 Å². The molecule has 0 unspecified atom stereocenters. The second-order valence-corrected chi connectivity index (χ2v) is 7.89. The molecule has 7 heteroatoms. The molecule has 0 aliphatic carbocycles. The van der Waals surface area contributed by atoms with Gasteiger partial charge in [0, 0.05) is 43.6 Å². The number of nitrogens with zero attached hydrogens (tertiary/aromatic N) is 5. The third-order valence-corrected chi connectivity index (χ3v) is 5.91. The van der Waals surface area contributed by atoms with Crippen molar-refractivity contribution in [1.82, 2.24) is 19.5 Å². The summed E-state index contributed by atoms with van der Waals surface area (Å²) in [5.74, 6) is 1.20. The number of hydrogen-bond acceptors (Lipinski definition) is 6. The van der Waals surface area contributed by atoms with Gasteiger partial charge >= 0.3 is 0 Å². The van der Waals surface area contributed by atoms with Crippen LogP contribution in [0, 0.1) is 0 Å². The standard InChI is InChI=1S/C24H25N5O2/c1-27-11-13-28(14-12-27)20-7-3-17(4-8-20)19-6-10-23-25-26-24(29(23)16-19)18-5-9-21(30)22(15-18)31-2/h3-10,15-16,30H,11-14H2,1-2H3. The molecule has 1 N–H and O–H groups in total. The predicted molar refractivity (Wildman–Crippen MR) is 122 cm³/mol. The summed E-state index contributed by atoms with van der Waals surface area (Å²) < 4.78 is 7.21. The van der Waals surface area contributed by atoms with Crippen molar-refractivity contribution < 1.29 is 9.84 Å². The molecule has 2 aromatic carbocycles. The molecule has 0 saturated carbocycles. The number of phenols is 1. The fourth-order valence-corrected chi connectivity index (χ4v) is 4.00. The molecule has 1 saturated heterocycles. The molecular formula is C24H25N5O2. The first kappa shape index (κ1) is 19.4. The van der Waals surface area contributed by atoms with Gasteiger partial charge in [0.1, 0.15) is 0 Å². The second kappa shape index (κ2) is 7.92. The Kier molecular flexibility index (Phi) is 4.95. The first-order chi connectivity index (χ1) is 15.1. The van der Waals surface area contributed by atoms with Crippen molar-refractivity contribution in [2.45, 2.75) is 0 Å². The Labute approximate surface area is 181 Å². The minimum Gasteiger partial charge on any atom is -0.504 e. The van der Waals surface area contributed by atoms with Crippen molar-refractivity contribution in [3.05, 3.63) is 60.8 Å². The van der Waals surface area contributed by atoms with Crippen molar-refractivity contribution in [3.8, 4) is 34.0 Å². The maximum Gasteiger partial charge on any atom is 0.168 e. The molecule has 158 valence electrons. The van der Waals surface area contributed by atoms with Crippen LogP contribution in [0.4, 0.5) is 5.69 Å². The maximum atomic E-state index is 9.89. The number of piperazine rings is 1. The van der Waals surface area contributed by atoms with E-state index in [1.54, 1.807) is 12.1 Å². The first-order valence-corrected chi connectivity index (χ1v) is 10.4. The lowest BCUT2D eigenvalue weighted by Gasteiger charge is -2.34. The van der Waals surface area contributed by atoms with Crippen LogP contribution in [0.2, 0.25) is 0 Å². The van der Waals surface area contributed by atoms with Crippen LogP contribution in [-0.2, 0) is 0 Å². The monoisotopic (exact) mass is 415 g/mol. The molecule has 4 aromatic rings. The highest BCUT2D eigenvalue weighted by atomic mass is 16.5. The van der Waals surface area contributed by atoms with Crippen LogP contribution in [-0.4, -0.2) is 64.9 Å². The van der Waals surface area contributed by atoms with Gasteiger partial charge in [0.15, 0.2) is 23.0 Å². The topological polar surface area (TPSA) is 66.1 Å². The fourth-order valence-electron chi connectivity index (χ4n) is 4.00. The lowest BCUT2D eigenvalue weighted by atomic mass is 10.1. The first-order valence-electron chi connectivity index (χ1n) is 10.4. The van der Waals surface area contributed by atoms with Crippen LogP contribution >= 0.6 is 0 Å². The highest BCUT2D eigenvalue weighted by Gasteiger charge is 2.15. The molecule has 0 radical (unpaired) electrons. The number of methoxy groups -OCH3 is 1. The van der Waals surface area contributed by atoms with E-state index in [-0.39, 0.29) is 5.75 Å². The summed E-state index contributed by atoms with van der Waals surface area (Å²) in [7, 11) is 3.70. The highest BCUT2D eigenvalue weighted by molar-refractivity contribution is 5.70. The van der Waals surface area contributed by atoms with Gasteiger partial charge in [-0.05, 0) is 60.6 Å². The van der Waals surface area contributed by atoms with Crippen molar-refractivity contribution in [1.29, 1.82) is 0 Å². The molecule has 1 fully saturated rings. The molecule has 3 heterocycles. The molecule has 1 aliphatic heterocycles. The van der Waals surface area contributed by atoms with Gasteiger partial charge < -0.3 is 19.6 Å². The molecule has 2 aromatic heterocycles. The Morgan fingerprint density at radius 1 is 0.839 bits per heavy atom. The average molecular weight is 415 g/mol. The van der Waals surface area contributed by atoms with Crippen LogP contribution in [0.5, 0.6) is 11.5 Å². The number of rotatable bonds is 4. The van der Waals surface area contributed by atoms with Crippen LogP contribution in [0.1, 0.15) is 0 Å². The number of pyridine rings is 1. The zero-order valence-corrected chi connectivity index (χ0v) is 17.7. The number of fused-ring (bicyclic) bond motifs is 1. The van der Waals surface area contributed by atoms with E-state index in [2.05, 4.69) is 63.6 Å². The van der Waals surface area contributed by atoms with E-state index >= 15 is 0 Å². The Hall–Kier alpha value is -3.58. The Morgan fingerprint density at radius 2 is 1.55 bits per heavy atom. The summed E-state index contributed by atoms with van der Waals surface area (Å²) in [4.78, 5) is 4.80. The zero-order chi connectivity index (χ0) is 21.4. The highest BCUT2D eigenvalue weighted by Crippen LogP contribution is 2.32.